The first-order valence-electron chi connectivity index (χ1n) is 20.9. The highest BCUT2D eigenvalue weighted by Crippen LogP contribution is 2.43. The standard InChI is InChI=1S/C41H80NO7P/c1-3-5-7-9-11-13-15-17-19-21-23-25-27-29-31-33-36-46-38-40(39-48-50(44,45)47-37-35-42)49-41(43)34-32-30-28-26-24-22-20-18-16-14-12-10-8-6-4-2/h22,24,33,36,40H,3-21,23,25-32,34-35,37-39,42H2,1-2H3,(H,44,45)/b24-22+,36-33+/t40-/m1/s1. The molecule has 0 saturated heterocycles. The van der Waals surface area contributed by atoms with Crippen molar-refractivity contribution >= 4 is 13.8 Å². The van der Waals surface area contributed by atoms with Crippen molar-refractivity contribution in [2.24, 2.45) is 5.73 Å². The van der Waals surface area contributed by atoms with Gasteiger partial charge in [0.1, 0.15) is 6.61 Å². The van der Waals surface area contributed by atoms with Crippen molar-refractivity contribution < 1.29 is 32.8 Å². The number of rotatable bonds is 40. The molecule has 0 rings (SSSR count). The number of phosphoric acid groups is 1. The fourth-order valence-corrected chi connectivity index (χ4v) is 6.60. The van der Waals surface area contributed by atoms with E-state index in [1.54, 1.807) is 6.26 Å². The number of ether oxygens (including phenoxy) is 2. The molecule has 296 valence electrons. The molecule has 0 aromatic rings. The zero-order valence-corrected chi connectivity index (χ0v) is 33.5. The molecule has 50 heavy (non-hydrogen) atoms. The maximum absolute atomic E-state index is 12.5. The van der Waals surface area contributed by atoms with Crippen LogP contribution < -0.4 is 5.73 Å². The smallest absolute Gasteiger partial charge is 0.472 e. The Kier molecular flexibility index (Phi) is 38.1. The average molecular weight is 730 g/mol. The Labute approximate surface area is 308 Å². The van der Waals surface area contributed by atoms with Crippen molar-refractivity contribution in [3.8, 4) is 0 Å². The van der Waals surface area contributed by atoms with E-state index in [9.17, 15) is 14.3 Å². The van der Waals surface area contributed by atoms with Gasteiger partial charge in [-0.25, -0.2) is 4.57 Å². The molecule has 0 amide bonds. The topological polar surface area (TPSA) is 117 Å². The van der Waals surface area contributed by atoms with Gasteiger partial charge in [0.05, 0.1) is 19.5 Å². The van der Waals surface area contributed by atoms with Crippen LogP contribution in [-0.2, 0) is 27.9 Å². The second-order valence-corrected chi connectivity index (χ2v) is 15.4. The van der Waals surface area contributed by atoms with Gasteiger partial charge in [-0.15, -0.1) is 0 Å². The van der Waals surface area contributed by atoms with Gasteiger partial charge in [0.15, 0.2) is 6.10 Å². The number of carbonyl (C=O) groups is 1. The third-order valence-corrected chi connectivity index (χ3v) is 9.92. The van der Waals surface area contributed by atoms with Gasteiger partial charge in [-0.2, -0.15) is 0 Å². The largest absolute Gasteiger partial charge is 0.498 e. The Morgan fingerprint density at radius 1 is 0.600 bits per heavy atom. The van der Waals surface area contributed by atoms with Gasteiger partial charge < -0.3 is 20.1 Å². The molecule has 9 heteroatoms. The first kappa shape index (κ1) is 48.8. The van der Waals surface area contributed by atoms with Crippen molar-refractivity contribution in [3.05, 3.63) is 24.5 Å². The van der Waals surface area contributed by atoms with E-state index < -0.39 is 13.9 Å². The van der Waals surface area contributed by atoms with Gasteiger partial charge in [-0.3, -0.25) is 13.8 Å². The van der Waals surface area contributed by atoms with Crippen LogP contribution in [-0.4, -0.2) is 43.3 Å². The van der Waals surface area contributed by atoms with Gasteiger partial charge in [0.25, 0.3) is 0 Å². The summed E-state index contributed by atoms with van der Waals surface area (Å²) in [6.07, 6.45) is 42.9. The van der Waals surface area contributed by atoms with E-state index in [1.807, 2.05) is 6.08 Å². The van der Waals surface area contributed by atoms with Crippen LogP contribution in [0.15, 0.2) is 24.5 Å². The van der Waals surface area contributed by atoms with Crippen LogP contribution in [0.3, 0.4) is 0 Å². The number of unbranched alkanes of at least 4 members (excludes halogenated alkanes) is 25. The van der Waals surface area contributed by atoms with Crippen LogP contribution in [0.5, 0.6) is 0 Å². The maximum atomic E-state index is 12.5. The van der Waals surface area contributed by atoms with E-state index in [4.69, 9.17) is 24.3 Å². The van der Waals surface area contributed by atoms with E-state index in [0.717, 1.165) is 44.9 Å². The molecule has 0 fully saturated rings. The fraction of sp³-hybridized carbons (Fsp3) is 0.878. The normalized spacial score (nSPS) is 13.7. The Hall–Kier alpha value is -1.18. The Bertz CT molecular complexity index is 823. The van der Waals surface area contributed by atoms with Gasteiger partial charge in [-0.05, 0) is 51.0 Å². The Balaban J connectivity index is 4.11. The molecule has 0 aromatic heterocycles. The number of allylic oxidation sites excluding steroid dienone is 3. The van der Waals surface area contributed by atoms with Crippen LogP contribution in [0.1, 0.15) is 200 Å². The van der Waals surface area contributed by atoms with Crippen molar-refractivity contribution in [2.45, 2.75) is 206 Å². The molecule has 0 spiro atoms. The van der Waals surface area contributed by atoms with Crippen molar-refractivity contribution in [1.82, 2.24) is 0 Å². The molecule has 0 aromatic carbocycles. The van der Waals surface area contributed by atoms with Crippen LogP contribution in [0.2, 0.25) is 0 Å². The van der Waals surface area contributed by atoms with Crippen LogP contribution >= 0.6 is 7.82 Å². The lowest BCUT2D eigenvalue weighted by Crippen LogP contribution is -2.27. The molecule has 0 bridgehead atoms. The predicted molar refractivity (Wildman–Crippen MR) is 210 cm³/mol. The molecule has 2 atom stereocenters. The summed E-state index contributed by atoms with van der Waals surface area (Å²) >= 11 is 0. The molecule has 8 nitrogen and oxygen atoms in total. The highest BCUT2D eigenvalue weighted by molar-refractivity contribution is 7.47. The highest BCUT2D eigenvalue weighted by atomic mass is 31.2. The SMILES string of the molecule is CCCCCCCCCC/C=C/CCCCCC(=O)O[C@H](CO/C=C/CCCCCCCCCCCCCCCC)COP(=O)(O)OCCN. The lowest BCUT2D eigenvalue weighted by atomic mass is 10.0. The molecule has 3 N–H and O–H groups in total. The van der Waals surface area contributed by atoms with Gasteiger partial charge in [-0.1, -0.05) is 161 Å². The molecular weight excluding hydrogens is 649 g/mol. The minimum Gasteiger partial charge on any atom is -0.498 e. The lowest BCUT2D eigenvalue weighted by molar-refractivity contribution is -0.153. The third-order valence-electron chi connectivity index (χ3n) is 8.94. The van der Waals surface area contributed by atoms with Crippen molar-refractivity contribution in [2.75, 3.05) is 26.4 Å². The first-order chi connectivity index (χ1) is 24.4. The Morgan fingerprint density at radius 3 is 1.48 bits per heavy atom. The molecule has 0 saturated carbocycles. The van der Waals surface area contributed by atoms with E-state index in [2.05, 4.69) is 26.0 Å². The van der Waals surface area contributed by atoms with Crippen LogP contribution in [0, 0.1) is 0 Å². The van der Waals surface area contributed by atoms with Crippen molar-refractivity contribution in [1.29, 1.82) is 0 Å². The minimum absolute atomic E-state index is 0.0293. The zero-order chi connectivity index (χ0) is 36.6. The minimum atomic E-state index is -4.29. The number of hydrogen-bond donors (Lipinski definition) is 2. The van der Waals surface area contributed by atoms with Crippen LogP contribution in [0.25, 0.3) is 0 Å². The van der Waals surface area contributed by atoms with E-state index in [0.29, 0.717) is 0 Å². The lowest BCUT2D eigenvalue weighted by Gasteiger charge is -2.19. The quantitative estimate of drug-likeness (QED) is 0.0210. The number of esters is 1. The van der Waals surface area contributed by atoms with Gasteiger partial charge in [0, 0.05) is 13.0 Å². The number of nitrogens with two attached hydrogens (primary N) is 1. The molecule has 0 aliphatic heterocycles. The fourth-order valence-electron chi connectivity index (χ4n) is 5.84. The summed E-state index contributed by atoms with van der Waals surface area (Å²) < 4.78 is 33.1. The Morgan fingerprint density at radius 2 is 1.02 bits per heavy atom. The van der Waals surface area contributed by atoms with Crippen molar-refractivity contribution in [3.63, 3.8) is 0 Å². The first-order valence-corrected chi connectivity index (χ1v) is 22.4. The molecule has 0 radical (unpaired) electrons. The summed E-state index contributed by atoms with van der Waals surface area (Å²) in [6, 6.07) is 0. The third kappa shape index (κ3) is 38.1. The summed E-state index contributed by atoms with van der Waals surface area (Å²) in [6.45, 7) is 4.24. The summed E-state index contributed by atoms with van der Waals surface area (Å²) in [5.41, 5.74) is 5.35. The van der Waals surface area contributed by atoms with Crippen LogP contribution in [0.4, 0.5) is 0 Å². The van der Waals surface area contributed by atoms with E-state index in [-0.39, 0.29) is 38.8 Å². The molecule has 0 aliphatic carbocycles. The second kappa shape index (κ2) is 39.0. The van der Waals surface area contributed by atoms with E-state index >= 15 is 0 Å². The average Bonchev–Trinajstić information content (AvgIpc) is 3.10. The van der Waals surface area contributed by atoms with Gasteiger partial charge >= 0.3 is 13.8 Å². The summed E-state index contributed by atoms with van der Waals surface area (Å²) in [5.74, 6) is -0.366. The zero-order valence-electron chi connectivity index (χ0n) is 32.6. The summed E-state index contributed by atoms with van der Waals surface area (Å²) in [7, 11) is -4.29. The maximum Gasteiger partial charge on any atom is 0.472 e. The molecule has 1 unspecified atom stereocenters. The highest BCUT2D eigenvalue weighted by Gasteiger charge is 2.25. The predicted octanol–water partition coefficient (Wildman–Crippen LogP) is 12.4. The number of hydrogen-bond acceptors (Lipinski definition) is 7. The number of carbonyl (C=O) groups excluding carboxylic acids is 1. The van der Waals surface area contributed by atoms with E-state index in [1.165, 1.54) is 135 Å². The van der Waals surface area contributed by atoms with Gasteiger partial charge in [0.2, 0.25) is 0 Å². The molecule has 0 heterocycles. The summed E-state index contributed by atoms with van der Waals surface area (Å²) in [4.78, 5) is 22.4. The monoisotopic (exact) mass is 730 g/mol. The number of phosphoric ester groups is 1. The summed E-state index contributed by atoms with van der Waals surface area (Å²) in [5, 5.41) is 0. The molecule has 0 aliphatic rings. The second-order valence-electron chi connectivity index (χ2n) is 13.9. The molecular formula is C41H80NO7P.